The van der Waals surface area contributed by atoms with Gasteiger partial charge in [0.15, 0.2) is 0 Å². The van der Waals surface area contributed by atoms with Crippen molar-refractivity contribution in [3.05, 3.63) is 36.0 Å². The Balaban J connectivity index is 1.36. The van der Waals surface area contributed by atoms with Crippen LogP contribution in [-0.2, 0) is 9.59 Å². The molecule has 0 radical (unpaired) electrons. The summed E-state index contributed by atoms with van der Waals surface area (Å²) in [6.07, 6.45) is 9.37. The number of fused-ring (bicyclic) bond motifs is 5. The van der Waals surface area contributed by atoms with Crippen molar-refractivity contribution in [2.45, 2.75) is 58.8 Å². The number of anilines is 1. The first kappa shape index (κ1) is 21.5. The second-order valence-corrected chi connectivity index (χ2v) is 11.0. The van der Waals surface area contributed by atoms with Crippen molar-refractivity contribution < 1.29 is 14.3 Å². The molecule has 0 aromatic heterocycles. The van der Waals surface area contributed by atoms with Gasteiger partial charge in [0.1, 0.15) is 5.75 Å². The lowest BCUT2D eigenvalue weighted by Gasteiger charge is -2.58. The second kappa shape index (κ2) is 7.64. The van der Waals surface area contributed by atoms with Gasteiger partial charge in [-0.3, -0.25) is 9.59 Å². The van der Waals surface area contributed by atoms with Gasteiger partial charge < -0.3 is 15.0 Å². The standard InChI is InChI=1S/C27H36N2O3/c1-26-15-13-21-19(9-12-23-27(21,2)16-14-24(30)29(23)3)20(26)10-11-22(26)25(31)28-17-5-7-18(32-4)8-6-17/h5-8,12,19-22H,9-11,13-16H2,1-4H3,(H,28,31)/t19-,20-,21+,22?,26-,27+/m0/s1. The minimum absolute atomic E-state index is 0.0514. The Kier molecular flexibility index (Phi) is 5.14. The van der Waals surface area contributed by atoms with Gasteiger partial charge in [-0.25, -0.2) is 0 Å². The second-order valence-electron chi connectivity index (χ2n) is 11.0. The average molecular weight is 437 g/mol. The maximum absolute atomic E-state index is 13.4. The number of likely N-dealkylation sites (tertiary alicyclic amines) is 1. The zero-order valence-electron chi connectivity index (χ0n) is 19.8. The van der Waals surface area contributed by atoms with Gasteiger partial charge in [0.25, 0.3) is 0 Å². The minimum Gasteiger partial charge on any atom is -0.497 e. The Morgan fingerprint density at radius 1 is 1.09 bits per heavy atom. The van der Waals surface area contributed by atoms with Crippen LogP contribution in [0.1, 0.15) is 58.8 Å². The zero-order valence-corrected chi connectivity index (χ0v) is 19.8. The van der Waals surface area contributed by atoms with E-state index in [0.717, 1.165) is 50.0 Å². The summed E-state index contributed by atoms with van der Waals surface area (Å²) in [5.41, 5.74) is 2.24. The highest BCUT2D eigenvalue weighted by Crippen LogP contribution is 2.66. The van der Waals surface area contributed by atoms with E-state index in [1.807, 2.05) is 36.2 Å². The maximum Gasteiger partial charge on any atom is 0.228 e. The molecule has 1 N–H and O–H groups in total. The van der Waals surface area contributed by atoms with E-state index in [4.69, 9.17) is 4.74 Å². The highest BCUT2D eigenvalue weighted by Gasteiger charge is 2.60. The summed E-state index contributed by atoms with van der Waals surface area (Å²) in [5.74, 6) is 3.07. The Morgan fingerprint density at radius 2 is 1.84 bits per heavy atom. The quantitative estimate of drug-likeness (QED) is 0.705. The summed E-state index contributed by atoms with van der Waals surface area (Å²) < 4.78 is 5.23. The smallest absolute Gasteiger partial charge is 0.228 e. The number of allylic oxidation sites excluding steroid dienone is 2. The van der Waals surface area contributed by atoms with E-state index in [2.05, 4.69) is 25.2 Å². The first-order valence-corrected chi connectivity index (χ1v) is 12.2. The molecule has 5 heteroatoms. The zero-order chi connectivity index (χ0) is 22.7. The largest absolute Gasteiger partial charge is 0.497 e. The average Bonchev–Trinajstić information content (AvgIpc) is 3.14. The molecule has 5 rings (SSSR count). The van der Waals surface area contributed by atoms with Crippen LogP contribution in [-0.4, -0.2) is 30.9 Å². The van der Waals surface area contributed by atoms with Gasteiger partial charge in [0.05, 0.1) is 7.11 Å². The molecule has 1 aromatic carbocycles. The lowest BCUT2D eigenvalue weighted by molar-refractivity contribution is -0.137. The number of benzene rings is 1. The van der Waals surface area contributed by atoms with Crippen LogP contribution in [0.4, 0.5) is 5.69 Å². The van der Waals surface area contributed by atoms with Crippen LogP contribution in [0, 0.1) is 34.5 Å². The summed E-state index contributed by atoms with van der Waals surface area (Å²) in [6, 6.07) is 7.60. The van der Waals surface area contributed by atoms with Crippen molar-refractivity contribution in [2.75, 3.05) is 19.5 Å². The van der Waals surface area contributed by atoms with Crippen molar-refractivity contribution in [1.82, 2.24) is 4.90 Å². The van der Waals surface area contributed by atoms with E-state index in [0.29, 0.717) is 24.2 Å². The fourth-order valence-electron chi connectivity index (χ4n) is 7.91. The van der Waals surface area contributed by atoms with Gasteiger partial charge in [-0.05, 0) is 86.0 Å². The fourth-order valence-corrected chi connectivity index (χ4v) is 7.91. The molecule has 1 unspecified atom stereocenters. The van der Waals surface area contributed by atoms with E-state index < -0.39 is 0 Å². The first-order chi connectivity index (χ1) is 15.3. The number of carbonyl (C=O) groups excluding carboxylic acids is 2. The third-order valence-electron chi connectivity index (χ3n) is 9.69. The number of carbonyl (C=O) groups is 2. The van der Waals surface area contributed by atoms with E-state index >= 15 is 0 Å². The molecule has 172 valence electrons. The van der Waals surface area contributed by atoms with Crippen LogP contribution < -0.4 is 10.1 Å². The van der Waals surface area contributed by atoms with E-state index in [1.54, 1.807) is 7.11 Å². The molecule has 0 bridgehead atoms. The predicted molar refractivity (Wildman–Crippen MR) is 125 cm³/mol. The van der Waals surface area contributed by atoms with Crippen molar-refractivity contribution in [3.8, 4) is 5.75 Å². The summed E-state index contributed by atoms with van der Waals surface area (Å²) in [4.78, 5) is 27.6. The van der Waals surface area contributed by atoms with Crippen molar-refractivity contribution in [2.24, 2.45) is 34.5 Å². The molecule has 1 heterocycles. The summed E-state index contributed by atoms with van der Waals surface area (Å²) in [5, 5.41) is 3.18. The monoisotopic (exact) mass is 436 g/mol. The van der Waals surface area contributed by atoms with Crippen LogP contribution >= 0.6 is 0 Å². The number of rotatable bonds is 3. The number of ether oxygens (including phenoxy) is 1. The van der Waals surface area contributed by atoms with Gasteiger partial charge in [0.2, 0.25) is 11.8 Å². The SMILES string of the molecule is COc1ccc(NC(=O)C2CC[C@H]3[C@@H]4CC=C5N(C)C(=O)CC[C@]5(C)[C@@H]4CC[C@]23C)cc1. The fraction of sp³-hybridized carbons (Fsp3) is 0.630. The number of nitrogens with one attached hydrogen (secondary N) is 1. The Labute approximate surface area is 191 Å². The maximum atomic E-state index is 13.4. The molecule has 1 saturated heterocycles. The third kappa shape index (κ3) is 3.11. The molecule has 1 aliphatic heterocycles. The highest BCUT2D eigenvalue weighted by atomic mass is 16.5. The molecule has 3 fully saturated rings. The normalized spacial score (nSPS) is 38.3. The molecular formula is C27H36N2O3. The van der Waals surface area contributed by atoms with Gasteiger partial charge in [-0.15, -0.1) is 0 Å². The Hall–Kier alpha value is -2.30. The summed E-state index contributed by atoms with van der Waals surface area (Å²) in [6.45, 7) is 4.77. The Morgan fingerprint density at radius 3 is 2.56 bits per heavy atom. The van der Waals surface area contributed by atoms with Crippen LogP contribution in [0.25, 0.3) is 0 Å². The van der Waals surface area contributed by atoms with Crippen LogP contribution in [0.15, 0.2) is 36.0 Å². The van der Waals surface area contributed by atoms with Gasteiger partial charge in [-0.1, -0.05) is 19.9 Å². The number of nitrogens with zero attached hydrogens (tertiary/aromatic N) is 1. The van der Waals surface area contributed by atoms with Gasteiger partial charge in [0, 0.05) is 36.2 Å². The molecule has 32 heavy (non-hydrogen) atoms. The molecular weight excluding hydrogens is 400 g/mol. The number of hydrogen-bond donors (Lipinski definition) is 1. The molecule has 3 aliphatic carbocycles. The van der Waals surface area contributed by atoms with E-state index in [1.165, 1.54) is 5.70 Å². The molecule has 4 aliphatic rings. The summed E-state index contributed by atoms with van der Waals surface area (Å²) >= 11 is 0. The summed E-state index contributed by atoms with van der Waals surface area (Å²) in [7, 11) is 3.60. The number of hydrogen-bond acceptors (Lipinski definition) is 3. The molecule has 0 spiro atoms. The predicted octanol–water partition coefficient (Wildman–Crippen LogP) is 5.24. The van der Waals surface area contributed by atoms with Crippen LogP contribution in [0.3, 0.4) is 0 Å². The highest BCUT2D eigenvalue weighted by molar-refractivity contribution is 5.93. The molecule has 1 aromatic rings. The van der Waals surface area contributed by atoms with Crippen molar-refractivity contribution in [1.29, 1.82) is 0 Å². The van der Waals surface area contributed by atoms with Gasteiger partial charge >= 0.3 is 0 Å². The lowest BCUT2D eigenvalue weighted by Crippen LogP contribution is -2.54. The van der Waals surface area contributed by atoms with Crippen LogP contribution in [0.5, 0.6) is 5.75 Å². The molecule has 2 saturated carbocycles. The van der Waals surface area contributed by atoms with Gasteiger partial charge in [-0.2, -0.15) is 0 Å². The lowest BCUT2D eigenvalue weighted by atomic mass is 9.49. The van der Waals surface area contributed by atoms with Crippen LogP contribution in [0.2, 0.25) is 0 Å². The van der Waals surface area contributed by atoms with Crippen molar-refractivity contribution in [3.63, 3.8) is 0 Å². The first-order valence-electron chi connectivity index (χ1n) is 12.2. The number of amides is 2. The topological polar surface area (TPSA) is 58.6 Å². The Bertz CT molecular complexity index is 954. The minimum atomic E-state index is 0.0514. The molecule has 5 nitrogen and oxygen atoms in total. The van der Waals surface area contributed by atoms with E-state index in [-0.39, 0.29) is 28.6 Å². The number of piperidine rings is 1. The molecule has 6 atom stereocenters. The third-order valence-corrected chi connectivity index (χ3v) is 9.69. The number of methoxy groups -OCH3 is 1. The van der Waals surface area contributed by atoms with Crippen molar-refractivity contribution >= 4 is 17.5 Å². The van der Waals surface area contributed by atoms with E-state index in [9.17, 15) is 9.59 Å². The molecule has 2 amide bonds.